The summed E-state index contributed by atoms with van der Waals surface area (Å²) in [6, 6.07) is 8.38. The van der Waals surface area contributed by atoms with Gasteiger partial charge in [-0.25, -0.2) is 0 Å². The number of hydrogen-bond acceptors (Lipinski definition) is 7. The first-order valence-corrected chi connectivity index (χ1v) is 9.13. The molecule has 4 N–H and O–H groups in total. The predicted octanol–water partition coefficient (Wildman–Crippen LogP) is 1.44. The molecule has 28 heavy (non-hydrogen) atoms. The molecular weight excluding hydrogens is 362 g/mol. The van der Waals surface area contributed by atoms with Crippen molar-refractivity contribution in [3.05, 3.63) is 47.0 Å². The summed E-state index contributed by atoms with van der Waals surface area (Å²) in [5.74, 6) is -0.0143. The van der Waals surface area contributed by atoms with Crippen LogP contribution >= 0.6 is 0 Å². The van der Waals surface area contributed by atoms with Crippen LogP contribution in [0.5, 0.6) is 5.75 Å². The van der Waals surface area contributed by atoms with Gasteiger partial charge in [0.05, 0.1) is 32.0 Å². The molecule has 2 aromatic carbocycles. The van der Waals surface area contributed by atoms with Crippen LogP contribution < -0.4 is 0 Å². The third kappa shape index (κ3) is 4.48. The Morgan fingerprint density at radius 3 is 2.11 bits per heavy atom. The number of aromatic hydroxyl groups is 1. The summed E-state index contributed by atoms with van der Waals surface area (Å²) in [5, 5.41) is 48.0. The minimum atomic E-state index is -0.660. The van der Waals surface area contributed by atoms with Crippen molar-refractivity contribution in [1.29, 1.82) is 0 Å². The molecule has 1 unspecified atom stereocenters. The van der Waals surface area contributed by atoms with E-state index in [4.69, 9.17) is 4.74 Å². The maximum Gasteiger partial charge on any atom is 0.143 e. The van der Waals surface area contributed by atoms with Crippen LogP contribution in [0.4, 0.5) is 0 Å². The van der Waals surface area contributed by atoms with Gasteiger partial charge < -0.3 is 25.2 Å². The first-order valence-electron chi connectivity index (χ1n) is 9.13. The standard InChI is InChI=1S/C20H25N3O5/c1-12(2)28-11-16(26)5-13-3-4-19(20(27)6-13)23-21-17-7-14(9-24)15(10-25)8-18(17)22-23/h3-4,6-8,12,16,24-27H,5,9-11H2,1-2H3. The molecule has 1 heterocycles. The molecule has 0 aliphatic heterocycles. The molecule has 8 nitrogen and oxygen atoms in total. The van der Waals surface area contributed by atoms with Crippen molar-refractivity contribution in [3.8, 4) is 11.4 Å². The van der Waals surface area contributed by atoms with Crippen LogP contribution in [0, 0.1) is 0 Å². The lowest BCUT2D eigenvalue weighted by Crippen LogP contribution is -2.20. The van der Waals surface area contributed by atoms with Gasteiger partial charge >= 0.3 is 0 Å². The van der Waals surface area contributed by atoms with Crippen molar-refractivity contribution < 1.29 is 25.2 Å². The van der Waals surface area contributed by atoms with Gasteiger partial charge in [-0.15, -0.1) is 15.0 Å². The molecule has 0 aliphatic carbocycles. The summed E-state index contributed by atoms with van der Waals surface area (Å²) in [5.41, 5.74) is 3.42. The average Bonchev–Trinajstić information content (AvgIpc) is 3.07. The van der Waals surface area contributed by atoms with Gasteiger partial charge in [-0.05, 0) is 54.8 Å². The van der Waals surface area contributed by atoms with Crippen LogP contribution in [0.3, 0.4) is 0 Å². The number of benzene rings is 2. The molecule has 0 spiro atoms. The summed E-state index contributed by atoms with van der Waals surface area (Å²) >= 11 is 0. The maximum absolute atomic E-state index is 10.4. The number of fused-ring (bicyclic) bond motifs is 1. The molecule has 0 bridgehead atoms. The molecule has 0 fully saturated rings. The lowest BCUT2D eigenvalue weighted by Gasteiger charge is -2.14. The molecule has 0 saturated heterocycles. The molecule has 3 aromatic rings. The maximum atomic E-state index is 10.4. The van der Waals surface area contributed by atoms with Crippen molar-refractivity contribution in [2.24, 2.45) is 0 Å². The van der Waals surface area contributed by atoms with Crippen LogP contribution in [0.1, 0.15) is 30.5 Å². The van der Waals surface area contributed by atoms with Crippen molar-refractivity contribution in [1.82, 2.24) is 15.0 Å². The molecule has 1 atom stereocenters. The highest BCUT2D eigenvalue weighted by molar-refractivity contribution is 5.76. The number of aliphatic hydroxyl groups excluding tert-OH is 3. The zero-order valence-electron chi connectivity index (χ0n) is 15.9. The van der Waals surface area contributed by atoms with E-state index in [0.717, 1.165) is 5.56 Å². The van der Waals surface area contributed by atoms with Gasteiger partial charge in [0.1, 0.15) is 22.5 Å². The number of nitrogens with zero attached hydrogens (tertiary/aromatic N) is 3. The molecule has 0 saturated carbocycles. The third-order valence-electron chi connectivity index (χ3n) is 4.39. The quantitative estimate of drug-likeness (QED) is 0.461. The first kappa shape index (κ1) is 20.2. The second-order valence-corrected chi connectivity index (χ2v) is 6.98. The topological polar surface area (TPSA) is 121 Å². The number of phenolic OH excluding ortho intramolecular Hbond substituents is 1. The molecule has 150 valence electrons. The minimum Gasteiger partial charge on any atom is -0.506 e. The van der Waals surface area contributed by atoms with Gasteiger partial charge in [0.2, 0.25) is 0 Å². The highest BCUT2D eigenvalue weighted by Crippen LogP contribution is 2.25. The summed E-state index contributed by atoms with van der Waals surface area (Å²) in [6.45, 7) is 3.62. The van der Waals surface area contributed by atoms with Gasteiger partial charge in [-0.3, -0.25) is 0 Å². The van der Waals surface area contributed by atoms with Gasteiger partial charge in [0.25, 0.3) is 0 Å². The lowest BCUT2D eigenvalue weighted by molar-refractivity contribution is 0.00620. The summed E-state index contributed by atoms with van der Waals surface area (Å²) in [4.78, 5) is 1.31. The van der Waals surface area contributed by atoms with Crippen LogP contribution in [-0.2, 0) is 24.4 Å². The molecule has 1 aromatic heterocycles. The Labute approximate surface area is 162 Å². The number of phenols is 1. The Morgan fingerprint density at radius 2 is 1.61 bits per heavy atom. The van der Waals surface area contributed by atoms with Crippen LogP contribution in [-0.4, -0.2) is 54.2 Å². The zero-order valence-corrected chi connectivity index (χ0v) is 15.9. The van der Waals surface area contributed by atoms with E-state index in [1.807, 2.05) is 13.8 Å². The van der Waals surface area contributed by atoms with Gasteiger partial charge in [0, 0.05) is 6.42 Å². The van der Waals surface area contributed by atoms with E-state index in [1.54, 1.807) is 30.3 Å². The Morgan fingerprint density at radius 1 is 1.00 bits per heavy atom. The van der Waals surface area contributed by atoms with Gasteiger partial charge in [-0.1, -0.05) is 6.07 Å². The number of aliphatic hydroxyl groups is 3. The fraction of sp³-hybridized carbons (Fsp3) is 0.400. The number of hydrogen-bond donors (Lipinski definition) is 4. The van der Waals surface area contributed by atoms with Crippen molar-refractivity contribution in [2.45, 2.75) is 45.7 Å². The van der Waals surface area contributed by atoms with Crippen molar-refractivity contribution in [3.63, 3.8) is 0 Å². The van der Waals surface area contributed by atoms with E-state index in [-0.39, 0.29) is 31.7 Å². The molecule has 3 rings (SSSR count). The van der Waals surface area contributed by atoms with E-state index in [9.17, 15) is 20.4 Å². The molecule has 0 aliphatic rings. The molecule has 8 heteroatoms. The first-order chi connectivity index (χ1) is 13.4. The minimum absolute atomic E-state index is 0.0143. The summed E-state index contributed by atoms with van der Waals surface area (Å²) < 4.78 is 5.40. The Hall–Kier alpha value is -2.52. The second kappa shape index (κ2) is 8.66. The largest absolute Gasteiger partial charge is 0.506 e. The fourth-order valence-corrected chi connectivity index (χ4v) is 2.95. The van der Waals surface area contributed by atoms with E-state index in [2.05, 4.69) is 10.2 Å². The van der Waals surface area contributed by atoms with Gasteiger partial charge in [-0.2, -0.15) is 0 Å². The SMILES string of the molecule is CC(C)OCC(O)Cc1ccc(-n2nc3cc(CO)c(CO)cc3n2)c(O)c1. The van der Waals surface area contributed by atoms with E-state index in [0.29, 0.717) is 34.3 Å². The monoisotopic (exact) mass is 387 g/mol. The van der Waals surface area contributed by atoms with Crippen molar-refractivity contribution >= 4 is 11.0 Å². The molecule has 0 radical (unpaired) electrons. The highest BCUT2D eigenvalue weighted by atomic mass is 16.5. The van der Waals surface area contributed by atoms with E-state index in [1.165, 1.54) is 4.80 Å². The van der Waals surface area contributed by atoms with Crippen LogP contribution in [0.25, 0.3) is 16.7 Å². The lowest BCUT2D eigenvalue weighted by atomic mass is 10.1. The van der Waals surface area contributed by atoms with E-state index < -0.39 is 6.10 Å². The number of rotatable bonds is 8. The Kier molecular flexibility index (Phi) is 6.25. The normalized spacial score (nSPS) is 12.8. The Balaban J connectivity index is 1.83. The van der Waals surface area contributed by atoms with Crippen molar-refractivity contribution in [2.75, 3.05) is 6.61 Å². The Bertz CT molecular complexity index is 913. The number of aromatic nitrogens is 3. The smallest absolute Gasteiger partial charge is 0.143 e. The molecule has 0 amide bonds. The fourth-order valence-electron chi connectivity index (χ4n) is 2.95. The summed E-state index contributed by atoms with van der Waals surface area (Å²) in [6.07, 6.45) is -0.260. The van der Waals surface area contributed by atoms with Crippen LogP contribution in [0.15, 0.2) is 30.3 Å². The summed E-state index contributed by atoms with van der Waals surface area (Å²) in [7, 11) is 0. The third-order valence-corrected chi connectivity index (χ3v) is 4.39. The second-order valence-electron chi connectivity index (χ2n) is 6.98. The zero-order chi connectivity index (χ0) is 20.3. The number of ether oxygens (including phenoxy) is 1. The van der Waals surface area contributed by atoms with Gasteiger partial charge in [0.15, 0.2) is 0 Å². The highest BCUT2D eigenvalue weighted by Gasteiger charge is 2.14. The predicted molar refractivity (Wildman–Crippen MR) is 103 cm³/mol. The molecular formula is C20H25N3O5. The average molecular weight is 387 g/mol. The van der Waals surface area contributed by atoms with Crippen LogP contribution in [0.2, 0.25) is 0 Å². The van der Waals surface area contributed by atoms with E-state index >= 15 is 0 Å².